The Bertz CT molecular complexity index is 777. The molecule has 7 heteroatoms. The molecule has 0 radical (unpaired) electrons. The summed E-state index contributed by atoms with van der Waals surface area (Å²) in [7, 11) is 0. The number of hydrogen-bond acceptors (Lipinski definition) is 5. The number of hydrogen-bond donors (Lipinski definition) is 2. The van der Waals surface area contributed by atoms with Gasteiger partial charge in [-0.05, 0) is 64.0 Å². The van der Waals surface area contributed by atoms with E-state index in [1.54, 1.807) is 4.90 Å². The van der Waals surface area contributed by atoms with Gasteiger partial charge in [-0.1, -0.05) is 25.2 Å². The summed E-state index contributed by atoms with van der Waals surface area (Å²) in [5.41, 5.74) is 1.65. The number of benzene rings is 1. The van der Waals surface area contributed by atoms with Crippen LogP contribution >= 0.6 is 12.2 Å². The number of carbonyl (C=O) groups excluding carboxylic acids is 1. The number of aliphatic hydroxyl groups excluding tert-OH is 1. The predicted molar refractivity (Wildman–Crippen MR) is 122 cm³/mol. The fourth-order valence-corrected chi connectivity index (χ4v) is 4.35. The summed E-state index contributed by atoms with van der Waals surface area (Å²) in [6.45, 7) is 9.46. The van der Waals surface area contributed by atoms with Crippen molar-refractivity contribution in [3.8, 4) is 5.75 Å². The highest BCUT2D eigenvalue weighted by atomic mass is 32.1. The first-order valence-corrected chi connectivity index (χ1v) is 11.3. The molecule has 1 fully saturated rings. The van der Waals surface area contributed by atoms with Gasteiger partial charge < -0.3 is 24.8 Å². The van der Waals surface area contributed by atoms with Gasteiger partial charge in [0.05, 0.1) is 17.7 Å². The molecule has 0 saturated carbocycles. The fourth-order valence-electron chi connectivity index (χ4n) is 4.12. The number of carbonyl (C=O) groups is 1. The van der Waals surface area contributed by atoms with Crippen molar-refractivity contribution in [2.45, 2.75) is 65.1 Å². The molecule has 0 spiro atoms. The zero-order valence-corrected chi connectivity index (χ0v) is 19.3. The van der Waals surface area contributed by atoms with Crippen molar-refractivity contribution in [3.63, 3.8) is 0 Å². The van der Waals surface area contributed by atoms with Crippen LogP contribution in [0.5, 0.6) is 5.75 Å². The van der Waals surface area contributed by atoms with E-state index in [0.29, 0.717) is 32.5 Å². The molecule has 1 aromatic rings. The molecule has 3 rings (SSSR count). The Hall–Kier alpha value is -1.86. The molecule has 0 aliphatic carbocycles. The Morgan fingerprint density at radius 3 is 2.90 bits per heavy atom. The largest absolute Gasteiger partial charge is 0.493 e. The summed E-state index contributed by atoms with van der Waals surface area (Å²) in [6.07, 6.45) is 2.21. The number of thiocarbonyl (C=S) groups is 1. The van der Waals surface area contributed by atoms with E-state index in [2.05, 4.69) is 12.2 Å². The van der Waals surface area contributed by atoms with Crippen LogP contribution in [0.2, 0.25) is 0 Å². The van der Waals surface area contributed by atoms with E-state index in [1.807, 2.05) is 39.0 Å². The Labute approximate surface area is 184 Å². The molecule has 1 amide bonds. The molecule has 2 unspecified atom stereocenters. The highest BCUT2D eigenvalue weighted by molar-refractivity contribution is 7.80. The summed E-state index contributed by atoms with van der Waals surface area (Å²) >= 11 is 5.61. The maximum Gasteiger partial charge on any atom is 0.410 e. The van der Waals surface area contributed by atoms with Crippen molar-refractivity contribution >= 4 is 29.0 Å². The van der Waals surface area contributed by atoms with Crippen LogP contribution in [-0.4, -0.2) is 52.5 Å². The Morgan fingerprint density at radius 2 is 2.17 bits per heavy atom. The van der Waals surface area contributed by atoms with Crippen LogP contribution < -0.4 is 10.1 Å². The summed E-state index contributed by atoms with van der Waals surface area (Å²) in [4.78, 5) is 15.1. The van der Waals surface area contributed by atoms with E-state index in [4.69, 9.17) is 21.7 Å². The molecular formula is C23H34N2O4S. The average molecular weight is 435 g/mol. The Balaban J connectivity index is 1.60. The molecule has 0 aromatic heterocycles. The standard InChI is InChI=1S/C23H34N2O4S/c1-15-16(14-25(12-10-19(15)26)22(27)29-23(2,3)4)8-9-21(30)24-18-6-5-7-20-17(18)11-13-28-20/h5-7,15-16,19,26H,8-14H2,1-4H3,(H,24,30)/t15?,16-,19?/m0/s1. The minimum absolute atomic E-state index is 0.0922. The van der Waals surface area contributed by atoms with Crippen molar-refractivity contribution in [2.75, 3.05) is 25.0 Å². The van der Waals surface area contributed by atoms with Crippen LogP contribution in [0.3, 0.4) is 0 Å². The van der Waals surface area contributed by atoms with Crippen molar-refractivity contribution in [1.29, 1.82) is 0 Å². The maximum atomic E-state index is 12.6. The first-order valence-electron chi connectivity index (χ1n) is 10.8. The van der Waals surface area contributed by atoms with Gasteiger partial charge in [-0.2, -0.15) is 0 Å². The van der Waals surface area contributed by atoms with Crippen LogP contribution in [0.15, 0.2) is 18.2 Å². The number of anilines is 1. The van der Waals surface area contributed by atoms with Crippen molar-refractivity contribution < 1.29 is 19.4 Å². The zero-order chi connectivity index (χ0) is 21.9. The average Bonchev–Trinajstić information content (AvgIpc) is 3.09. The number of nitrogens with one attached hydrogen (secondary N) is 1. The molecule has 0 bridgehead atoms. The van der Waals surface area contributed by atoms with E-state index >= 15 is 0 Å². The van der Waals surface area contributed by atoms with E-state index in [0.717, 1.165) is 29.3 Å². The lowest BCUT2D eigenvalue weighted by atomic mass is 9.85. The summed E-state index contributed by atoms with van der Waals surface area (Å²) in [5.74, 6) is 1.17. The quantitative estimate of drug-likeness (QED) is 0.685. The van der Waals surface area contributed by atoms with Gasteiger partial charge in [-0.15, -0.1) is 0 Å². The minimum Gasteiger partial charge on any atom is -0.493 e. The van der Waals surface area contributed by atoms with Gasteiger partial charge in [-0.25, -0.2) is 4.79 Å². The van der Waals surface area contributed by atoms with Gasteiger partial charge in [0, 0.05) is 30.8 Å². The van der Waals surface area contributed by atoms with E-state index in [9.17, 15) is 9.90 Å². The van der Waals surface area contributed by atoms with Gasteiger partial charge in [0.2, 0.25) is 0 Å². The van der Waals surface area contributed by atoms with E-state index in [1.165, 1.54) is 5.56 Å². The van der Waals surface area contributed by atoms with Crippen LogP contribution in [0, 0.1) is 11.8 Å². The number of fused-ring (bicyclic) bond motifs is 1. The highest BCUT2D eigenvalue weighted by Gasteiger charge is 2.33. The number of ether oxygens (including phenoxy) is 2. The van der Waals surface area contributed by atoms with E-state index < -0.39 is 11.7 Å². The lowest BCUT2D eigenvalue weighted by molar-refractivity contribution is 0.0226. The van der Waals surface area contributed by atoms with Gasteiger partial charge in [-0.3, -0.25) is 0 Å². The van der Waals surface area contributed by atoms with Crippen LogP contribution in [0.1, 0.15) is 52.5 Å². The first kappa shape index (κ1) is 22.8. The lowest BCUT2D eigenvalue weighted by Gasteiger charge is -2.30. The molecule has 2 N–H and O–H groups in total. The number of likely N-dealkylation sites (tertiary alicyclic amines) is 1. The first-order chi connectivity index (χ1) is 14.1. The minimum atomic E-state index is -0.533. The summed E-state index contributed by atoms with van der Waals surface area (Å²) in [5, 5.41) is 13.9. The normalized spacial score (nSPS) is 23.9. The van der Waals surface area contributed by atoms with Gasteiger partial charge in [0.25, 0.3) is 0 Å². The van der Waals surface area contributed by atoms with Crippen LogP contribution in [-0.2, 0) is 11.2 Å². The third-order valence-corrected chi connectivity index (χ3v) is 6.22. The van der Waals surface area contributed by atoms with Crippen LogP contribution in [0.25, 0.3) is 0 Å². The third kappa shape index (κ3) is 5.85. The molecule has 6 nitrogen and oxygen atoms in total. The highest BCUT2D eigenvalue weighted by Crippen LogP contribution is 2.32. The van der Waals surface area contributed by atoms with Gasteiger partial charge in [0.1, 0.15) is 11.4 Å². The molecular weight excluding hydrogens is 400 g/mol. The molecule has 1 aromatic carbocycles. The molecule has 30 heavy (non-hydrogen) atoms. The molecule has 2 aliphatic rings. The molecule has 3 atom stereocenters. The second-order valence-corrected chi connectivity index (χ2v) is 9.86. The number of rotatable bonds is 4. The Morgan fingerprint density at radius 1 is 1.40 bits per heavy atom. The zero-order valence-electron chi connectivity index (χ0n) is 18.4. The molecule has 2 aliphatic heterocycles. The van der Waals surface area contributed by atoms with Crippen molar-refractivity contribution in [3.05, 3.63) is 23.8 Å². The van der Waals surface area contributed by atoms with Gasteiger partial charge >= 0.3 is 6.09 Å². The molecule has 1 saturated heterocycles. The number of amides is 1. The summed E-state index contributed by atoms with van der Waals surface area (Å²) < 4.78 is 11.2. The van der Waals surface area contributed by atoms with Crippen molar-refractivity contribution in [2.24, 2.45) is 11.8 Å². The number of nitrogens with zero attached hydrogens (tertiary/aromatic N) is 1. The summed E-state index contributed by atoms with van der Waals surface area (Å²) in [6, 6.07) is 5.98. The van der Waals surface area contributed by atoms with Gasteiger partial charge in [0.15, 0.2) is 0 Å². The van der Waals surface area contributed by atoms with E-state index in [-0.39, 0.29) is 17.9 Å². The lowest BCUT2D eigenvalue weighted by Crippen LogP contribution is -2.39. The molecule has 2 heterocycles. The number of aliphatic hydroxyl groups is 1. The molecule has 166 valence electrons. The smallest absolute Gasteiger partial charge is 0.410 e. The fraction of sp³-hybridized carbons (Fsp3) is 0.652. The maximum absolute atomic E-state index is 12.6. The Kier molecular flexibility index (Phi) is 7.24. The predicted octanol–water partition coefficient (Wildman–Crippen LogP) is 4.40. The SMILES string of the molecule is CC1C(O)CCN(C(=O)OC(C)(C)C)C[C@@H]1CCC(=S)Nc1cccc2c1CCO2. The topological polar surface area (TPSA) is 71.0 Å². The second-order valence-electron chi connectivity index (χ2n) is 9.37. The third-order valence-electron chi connectivity index (χ3n) is 5.91. The van der Waals surface area contributed by atoms with Crippen molar-refractivity contribution in [1.82, 2.24) is 4.90 Å². The monoisotopic (exact) mass is 434 g/mol. The second kappa shape index (κ2) is 9.52. The van der Waals surface area contributed by atoms with Crippen LogP contribution in [0.4, 0.5) is 10.5 Å².